The molecule has 0 spiro atoms. The van der Waals surface area contributed by atoms with Gasteiger partial charge in [0.2, 0.25) is 0 Å². The number of carbonyl (C=O) groups is 1. The summed E-state index contributed by atoms with van der Waals surface area (Å²) in [6, 6.07) is 5.81. The lowest BCUT2D eigenvalue weighted by Crippen LogP contribution is -2.31. The molecular weight excluding hydrogens is 253 g/mol. The van der Waals surface area contributed by atoms with Crippen LogP contribution in [0.15, 0.2) is 24.3 Å². The maximum Gasteiger partial charge on any atom is 0.164 e. The topological polar surface area (TPSA) is 20.3 Å². The summed E-state index contributed by atoms with van der Waals surface area (Å²) < 4.78 is 12.8. The Bertz CT molecular complexity index is 398. The molecule has 0 aliphatic heterocycles. The van der Waals surface area contributed by atoms with E-state index in [2.05, 4.69) is 25.7 Å². The van der Waals surface area contributed by atoms with Crippen LogP contribution in [0.1, 0.15) is 50.4 Å². The van der Waals surface area contributed by atoms with Gasteiger partial charge in [-0.25, -0.2) is 4.39 Å². The zero-order valence-electron chi connectivity index (χ0n) is 12.9. The lowest BCUT2D eigenvalue weighted by atomic mass is 10.0. The van der Waals surface area contributed by atoms with Crippen LogP contribution in [0.25, 0.3) is 0 Å². The monoisotopic (exact) mass is 279 g/mol. The standard InChI is InChI=1S/C17H26FNO/c1-4-14(5-2)13-19(6-3)12-11-17(20)15-7-9-16(18)10-8-15/h7-10,14H,4-6,11-13H2,1-3H3. The van der Waals surface area contributed by atoms with Gasteiger partial charge in [-0.3, -0.25) is 4.79 Å². The number of carbonyl (C=O) groups excluding carboxylic acids is 1. The van der Waals surface area contributed by atoms with E-state index in [0.717, 1.165) is 19.6 Å². The second-order valence-electron chi connectivity index (χ2n) is 5.26. The third-order valence-corrected chi connectivity index (χ3v) is 3.94. The predicted octanol–water partition coefficient (Wildman–Crippen LogP) is 4.16. The SMILES string of the molecule is CCC(CC)CN(CC)CCC(=O)c1ccc(F)cc1. The summed E-state index contributed by atoms with van der Waals surface area (Å²) in [5.41, 5.74) is 0.602. The summed E-state index contributed by atoms with van der Waals surface area (Å²) in [5.74, 6) is 0.495. The molecule has 0 amide bonds. The zero-order valence-corrected chi connectivity index (χ0v) is 12.9. The Morgan fingerprint density at radius 1 is 1.15 bits per heavy atom. The van der Waals surface area contributed by atoms with E-state index in [9.17, 15) is 9.18 Å². The van der Waals surface area contributed by atoms with Crippen LogP contribution in [-0.2, 0) is 0 Å². The van der Waals surface area contributed by atoms with Crippen molar-refractivity contribution in [3.05, 3.63) is 35.6 Å². The van der Waals surface area contributed by atoms with Crippen molar-refractivity contribution in [2.75, 3.05) is 19.6 Å². The average Bonchev–Trinajstić information content (AvgIpc) is 2.48. The number of halogens is 1. The normalized spacial score (nSPS) is 11.3. The second-order valence-corrected chi connectivity index (χ2v) is 5.26. The van der Waals surface area contributed by atoms with Crippen LogP contribution in [0.4, 0.5) is 4.39 Å². The van der Waals surface area contributed by atoms with Crippen LogP contribution in [0.5, 0.6) is 0 Å². The van der Waals surface area contributed by atoms with Gasteiger partial charge in [0.25, 0.3) is 0 Å². The molecule has 1 rings (SSSR count). The summed E-state index contributed by atoms with van der Waals surface area (Å²) in [4.78, 5) is 14.4. The molecule has 1 aromatic carbocycles. The predicted molar refractivity (Wildman–Crippen MR) is 81.5 cm³/mol. The van der Waals surface area contributed by atoms with E-state index >= 15 is 0 Å². The molecule has 0 atom stereocenters. The van der Waals surface area contributed by atoms with Crippen LogP contribution >= 0.6 is 0 Å². The van der Waals surface area contributed by atoms with Crippen molar-refractivity contribution in [1.29, 1.82) is 0 Å². The van der Waals surface area contributed by atoms with Crippen molar-refractivity contribution in [3.8, 4) is 0 Å². The first-order valence-corrected chi connectivity index (χ1v) is 7.61. The molecule has 0 aliphatic carbocycles. The third kappa shape index (κ3) is 5.41. The molecule has 112 valence electrons. The number of Topliss-reactive ketones (excluding diaryl/α,β-unsaturated/α-hetero) is 1. The average molecular weight is 279 g/mol. The maximum atomic E-state index is 12.8. The van der Waals surface area contributed by atoms with E-state index in [1.54, 1.807) is 12.1 Å². The molecule has 0 fully saturated rings. The molecular formula is C17H26FNO. The minimum absolute atomic E-state index is 0.0907. The van der Waals surface area contributed by atoms with Gasteiger partial charge in [-0.15, -0.1) is 0 Å². The molecule has 0 aromatic heterocycles. The Kier molecular flexibility index (Phi) is 7.45. The summed E-state index contributed by atoms with van der Waals surface area (Å²) in [5, 5.41) is 0. The van der Waals surface area contributed by atoms with Gasteiger partial charge < -0.3 is 4.90 Å². The van der Waals surface area contributed by atoms with Gasteiger partial charge in [0, 0.05) is 25.1 Å². The first-order valence-electron chi connectivity index (χ1n) is 7.61. The van der Waals surface area contributed by atoms with Gasteiger partial charge in [-0.05, 0) is 36.7 Å². The molecule has 0 unspecified atom stereocenters. The number of hydrogen-bond donors (Lipinski definition) is 0. The van der Waals surface area contributed by atoms with Crippen molar-refractivity contribution in [2.24, 2.45) is 5.92 Å². The van der Waals surface area contributed by atoms with Crippen molar-refractivity contribution < 1.29 is 9.18 Å². The van der Waals surface area contributed by atoms with Crippen LogP contribution in [-0.4, -0.2) is 30.3 Å². The highest BCUT2D eigenvalue weighted by molar-refractivity contribution is 5.96. The van der Waals surface area contributed by atoms with Gasteiger partial charge >= 0.3 is 0 Å². The van der Waals surface area contributed by atoms with E-state index in [0.29, 0.717) is 17.9 Å². The molecule has 0 saturated heterocycles. The molecule has 0 bridgehead atoms. The molecule has 0 aliphatic rings. The summed E-state index contributed by atoms with van der Waals surface area (Å²) in [6.45, 7) is 9.36. The molecule has 1 aromatic rings. The number of ketones is 1. The lowest BCUT2D eigenvalue weighted by Gasteiger charge is -2.24. The Hall–Kier alpha value is -1.22. The third-order valence-electron chi connectivity index (χ3n) is 3.94. The highest BCUT2D eigenvalue weighted by Gasteiger charge is 2.12. The fourth-order valence-corrected chi connectivity index (χ4v) is 2.33. The minimum atomic E-state index is -0.300. The molecule has 2 nitrogen and oxygen atoms in total. The van der Waals surface area contributed by atoms with E-state index in [4.69, 9.17) is 0 Å². The van der Waals surface area contributed by atoms with Crippen LogP contribution in [0.3, 0.4) is 0 Å². The van der Waals surface area contributed by atoms with Crippen molar-refractivity contribution in [3.63, 3.8) is 0 Å². The fraction of sp³-hybridized carbons (Fsp3) is 0.588. The van der Waals surface area contributed by atoms with Gasteiger partial charge in [-0.2, -0.15) is 0 Å². The van der Waals surface area contributed by atoms with Gasteiger partial charge in [-0.1, -0.05) is 33.6 Å². The first-order chi connectivity index (χ1) is 9.60. The molecule has 0 N–H and O–H groups in total. The van der Waals surface area contributed by atoms with Crippen molar-refractivity contribution in [1.82, 2.24) is 4.90 Å². The highest BCUT2D eigenvalue weighted by atomic mass is 19.1. The quantitative estimate of drug-likeness (QED) is 0.633. The Labute approximate surface area is 122 Å². The summed E-state index contributed by atoms with van der Waals surface area (Å²) in [7, 11) is 0. The van der Waals surface area contributed by atoms with Gasteiger partial charge in [0.15, 0.2) is 5.78 Å². The van der Waals surface area contributed by atoms with E-state index in [-0.39, 0.29) is 11.6 Å². The smallest absolute Gasteiger partial charge is 0.164 e. The molecule has 0 saturated carbocycles. The zero-order chi connectivity index (χ0) is 15.0. The Morgan fingerprint density at radius 2 is 1.75 bits per heavy atom. The minimum Gasteiger partial charge on any atom is -0.303 e. The van der Waals surface area contributed by atoms with Crippen LogP contribution in [0, 0.1) is 11.7 Å². The van der Waals surface area contributed by atoms with Crippen LogP contribution in [0.2, 0.25) is 0 Å². The molecule has 0 heterocycles. The number of benzene rings is 1. The van der Waals surface area contributed by atoms with E-state index in [1.165, 1.54) is 25.0 Å². The number of hydrogen-bond acceptors (Lipinski definition) is 2. The van der Waals surface area contributed by atoms with Gasteiger partial charge in [0.05, 0.1) is 0 Å². The summed E-state index contributed by atoms with van der Waals surface area (Å²) in [6.07, 6.45) is 2.86. The largest absolute Gasteiger partial charge is 0.303 e. The lowest BCUT2D eigenvalue weighted by molar-refractivity contribution is 0.0960. The maximum absolute atomic E-state index is 12.8. The number of rotatable bonds is 9. The van der Waals surface area contributed by atoms with E-state index in [1.807, 2.05) is 0 Å². The highest BCUT2D eigenvalue weighted by Crippen LogP contribution is 2.11. The fourth-order valence-electron chi connectivity index (χ4n) is 2.33. The molecule has 3 heteroatoms. The summed E-state index contributed by atoms with van der Waals surface area (Å²) >= 11 is 0. The first kappa shape index (κ1) is 16.8. The number of nitrogens with zero attached hydrogens (tertiary/aromatic N) is 1. The Morgan fingerprint density at radius 3 is 2.25 bits per heavy atom. The van der Waals surface area contributed by atoms with E-state index < -0.39 is 0 Å². The Balaban J connectivity index is 2.47. The van der Waals surface area contributed by atoms with Crippen molar-refractivity contribution in [2.45, 2.75) is 40.0 Å². The second kappa shape index (κ2) is 8.85. The van der Waals surface area contributed by atoms with Gasteiger partial charge in [0.1, 0.15) is 5.82 Å². The van der Waals surface area contributed by atoms with Crippen LogP contribution < -0.4 is 0 Å². The molecule has 0 radical (unpaired) electrons. The van der Waals surface area contributed by atoms with Crippen molar-refractivity contribution >= 4 is 5.78 Å². The molecule has 20 heavy (non-hydrogen) atoms.